The number of nitrogens with one attached hydrogen (secondary N) is 1. The fourth-order valence-corrected chi connectivity index (χ4v) is 2.74. The molecule has 0 aliphatic heterocycles. The normalized spacial score (nSPS) is 17.2. The number of fused-ring (bicyclic) bond motifs is 1. The van der Waals surface area contributed by atoms with Gasteiger partial charge in [-0.05, 0) is 25.0 Å². The minimum Gasteiger partial charge on any atom is -0.480 e. The van der Waals surface area contributed by atoms with Crippen LogP contribution in [0.15, 0.2) is 24.3 Å². The minimum absolute atomic E-state index is 0.533. The average Bonchev–Trinajstić information content (AvgIpc) is 3.00. The number of aromatic nitrogens is 1. The highest BCUT2D eigenvalue weighted by Gasteiger charge is 2.49. The van der Waals surface area contributed by atoms with Crippen LogP contribution in [0.4, 0.5) is 0 Å². The Balaban J connectivity index is 1.75. The van der Waals surface area contributed by atoms with Crippen molar-refractivity contribution in [1.29, 1.82) is 0 Å². The molecule has 5 heteroatoms. The molecule has 17 heavy (non-hydrogen) atoms. The van der Waals surface area contributed by atoms with Crippen LogP contribution in [0.1, 0.15) is 17.8 Å². The number of hydrogen-bond donors (Lipinski definition) is 2. The highest BCUT2D eigenvalue weighted by atomic mass is 32.1. The molecule has 1 aliphatic carbocycles. The first-order chi connectivity index (χ1) is 8.20. The maximum absolute atomic E-state index is 11.0. The van der Waals surface area contributed by atoms with Gasteiger partial charge in [0.05, 0.1) is 10.2 Å². The van der Waals surface area contributed by atoms with Crippen LogP contribution in [0.5, 0.6) is 0 Å². The Kier molecular flexibility index (Phi) is 2.38. The number of benzene rings is 1. The van der Waals surface area contributed by atoms with Gasteiger partial charge < -0.3 is 5.11 Å². The van der Waals surface area contributed by atoms with Crippen molar-refractivity contribution in [3.63, 3.8) is 0 Å². The van der Waals surface area contributed by atoms with Crippen molar-refractivity contribution in [2.45, 2.75) is 24.9 Å². The Morgan fingerprint density at radius 3 is 2.88 bits per heavy atom. The molecule has 1 aromatic heterocycles. The summed E-state index contributed by atoms with van der Waals surface area (Å²) in [6, 6.07) is 7.94. The lowest BCUT2D eigenvalue weighted by molar-refractivity contribution is -0.140. The fraction of sp³-hybridized carbons (Fsp3) is 0.333. The quantitative estimate of drug-likeness (QED) is 0.868. The monoisotopic (exact) mass is 248 g/mol. The molecule has 3 rings (SSSR count). The van der Waals surface area contributed by atoms with Crippen LogP contribution in [0.3, 0.4) is 0 Å². The fourth-order valence-electron chi connectivity index (χ4n) is 1.83. The van der Waals surface area contributed by atoms with E-state index in [2.05, 4.69) is 10.3 Å². The molecule has 88 valence electrons. The Hall–Kier alpha value is -1.46. The van der Waals surface area contributed by atoms with Crippen LogP contribution < -0.4 is 5.32 Å². The van der Waals surface area contributed by atoms with Gasteiger partial charge in [-0.2, -0.15) is 0 Å². The Morgan fingerprint density at radius 1 is 1.47 bits per heavy atom. The van der Waals surface area contributed by atoms with Crippen molar-refractivity contribution in [3.8, 4) is 0 Å². The Labute approximate surface area is 102 Å². The average molecular weight is 248 g/mol. The van der Waals surface area contributed by atoms with Crippen molar-refractivity contribution in [2.75, 3.05) is 0 Å². The number of carboxylic acids is 1. The summed E-state index contributed by atoms with van der Waals surface area (Å²) in [6.07, 6.45) is 1.43. The number of carboxylic acid groups (broad SMARTS) is 1. The first-order valence-electron chi connectivity index (χ1n) is 5.52. The molecule has 0 unspecified atom stereocenters. The van der Waals surface area contributed by atoms with Gasteiger partial charge in [0.25, 0.3) is 0 Å². The van der Waals surface area contributed by atoms with Crippen molar-refractivity contribution in [3.05, 3.63) is 29.3 Å². The summed E-state index contributed by atoms with van der Waals surface area (Å²) in [4.78, 5) is 15.5. The van der Waals surface area contributed by atoms with Gasteiger partial charge in [0.1, 0.15) is 10.5 Å². The number of aliphatic carboxylic acids is 1. The van der Waals surface area contributed by atoms with Gasteiger partial charge in [-0.1, -0.05) is 12.1 Å². The maximum atomic E-state index is 11.0. The summed E-state index contributed by atoms with van der Waals surface area (Å²) in [5.74, 6) is -0.751. The molecule has 0 saturated heterocycles. The maximum Gasteiger partial charge on any atom is 0.323 e. The molecule has 1 aromatic carbocycles. The first-order valence-corrected chi connectivity index (χ1v) is 6.34. The highest BCUT2D eigenvalue weighted by Crippen LogP contribution is 2.36. The van der Waals surface area contributed by atoms with Crippen LogP contribution in [0.25, 0.3) is 10.2 Å². The third kappa shape index (κ3) is 1.92. The van der Waals surface area contributed by atoms with Crippen LogP contribution in [-0.4, -0.2) is 21.6 Å². The van der Waals surface area contributed by atoms with Crippen molar-refractivity contribution in [2.24, 2.45) is 0 Å². The zero-order valence-electron chi connectivity index (χ0n) is 9.14. The van der Waals surface area contributed by atoms with Crippen molar-refractivity contribution >= 4 is 27.5 Å². The lowest BCUT2D eigenvalue weighted by Gasteiger charge is -2.09. The van der Waals surface area contributed by atoms with Crippen LogP contribution in [-0.2, 0) is 11.3 Å². The second-order valence-electron chi connectivity index (χ2n) is 4.32. The molecular weight excluding hydrogens is 236 g/mol. The molecule has 1 saturated carbocycles. The molecular formula is C12H12N2O2S. The van der Waals surface area contributed by atoms with E-state index in [9.17, 15) is 4.79 Å². The van der Waals surface area contributed by atoms with E-state index in [1.54, 1.807) is 11.3 Å². The largest absolute Gasteiger partial charge is 0.480 e. The predicted molar refractivity (Wildman–Crippen MR) is 66.1 cm³/mol. The smallest absolute Gasteiger partial charge is 0.323 e. The van der Waals surface area contributed by atoms with Crippen molar-refractivity contribution < 1.29 is 9.90 Å². The standard InChI is InChI=1S/C12H12N2O2S/c15-11(16)12(5-6-12)13-7-10-14-8-3-1-2-4-9(8)17-10/h1-4,13H,5-7H2,(H,15,16). The molecule has 0 amide bonds. The van der Waals surface area contributed by atoms with E-state index < -0.39 is 11.5 Å². The summed E-state index contributed by atoms with van der Waals surface area (Å²) in [5, 5.41) is 13.1. The van der Waals surface area contributed by atoms with E-state index in [1.807, 2.05) is 24.3 Å². The molecule has 0 bridgehead atoms. The van der Waals surface area contributed by atoms with Gasteiger partial charge >= 0.3 is 5.97 Å². The van der Waals surface area contributed by atoms with Gasteiger partial charge in [-0.25, -0.2) is 4.98 Å². The topological polar surface area (TPSA) is 62.2 Å². The second kappa shape index (κ2) is 3.78. The van der Waals surface area contributed by atoms with Gasteiger partial charge in [-0.15, -0.1) is 11.3 Å². The van der Waals surface area contributed by atoms with E-state index in [1.165, 1.54) is 0 Å². The summed E-state index contributed by atoms with van der Waals surface area (Å²) in [6.45, 7) is 0.533. The molecule has 4 nitrogen and oxygen atoms in total. The lowest BCUT2D eigenvalue weighted by Crippen LogP contribution is -2.38. The molecule has 2 N–H and O–H groups in total. The van der Waals surface area contributed by atoms with Crippen LogP contribution in [0, 0.1) is 0 Å². The van der Waals surface area contributed by atoms with E-state index in [4.69, 9.17) is 5.11 Å². The molecule has 1 aliphatic rings. The molecule has 2 aromatic rings. The highest BCUT2D eigenvalue weighted by molar-refractivity contribution is 7.18. The number of hydrogen-bond acceptors (Lipinski definition) is 4. The molecule has 0 spiro atoms. The molecule has 0 radical (unpaired) electrons. The van der Waals surface area contributed by atoms with E-state index in [0.717, 1.165) is 15.2 Å². The summed E-state index contributed by atoms with van der Waals surface area (Å²) >= 11 is 1.61. The number of thiazole rings is 1. The summed E-state index contributed by atoms with van der Waals surface area (Å²) < 4.78 is 1.14. The summed E-state index contributed by atoms with van der Waals surface area (Å²) in [5.41, 5.74) is 0.298. The van der Waals surface area contributed by atoms with E-state index in [-0.39, 0.29) is 0 Å². The van der Waals surface area contributed by atoms with Gasteiger partial charge in [-0.3, -0.25) is 10.1 Å². The third-order valence-corrected chi connectivity index (χ3v) is 4.11. The minimum atomic E-state index is -0.751. The zero-order valence-corrected chi connectivity index (χ0v) is 9.96. The number of rotatable bonds is 4. The van der Waals surface area contributed by atoms with E-state index in [0.29, 0.717) is 19.4 Å². The predicted octanol–water partition coefficient (Wildman–Crippen LogP) is 2.00. The SMILES string of the molecule is O=C(O)C1(NCc2nc3ccccc3s2)CC1. The molecule has 0 atom stereocenters. The summed E-state index contributed by atoms with van der Waals surface area (Å²) in [7, 11) is 0. The van der Waals surface area contributed by atoms with Crippen molar-refractivity contribution in [1.82, 2.24) is 10.3 Å². The number of para-hydroxylation sites is 1. The number of carbonyl (C=O) groups is 1. The third-order valence-electron chi connectivity index (χ3n) is 3.08. The number of nitrogens with zero attached hydrogens (tertiary/aromatic N) is 1. The lowest BCUT2D eigenvalue weighted by atomic mass is 10.3. The van der Waals surface area contributed by atoms with Gasteiger partial charge in [0, 0.05) is 6.54 Å². The first kappa shape index (κ1) is 10.7. The molecule has 1 fully saturated rings. The van der Waals surface area contributed by atoms with Gasteiger partial charge in [0.2, 0.25) is 0 Å². The molecule has 1 heterocycles. The Morgan fingerprint density at radius 2 is 2.24 bits per heavy atom. The second-order valence-corrected chi connectivity index (χ2v) is 5.43. The van der Waals surface area contributed by atoms with Crippen LogP contribution in [0.2, 0.25) is 0 Å². The zero-order chi connectivity index (χ0) is 11.9. The van der Waals surface area contributed by atoms with Gasteiger partial charge in [0.15, 0.2) is 0 Å². The van der Waals surface area contributed by atoms with E-state index >= 15 is 0 Å². The van der Waals surface area contributed by atoms with Crippen LogP contribution >= 0.6 is 11.3 Å². The Bertz CT molecular complexity index is 542.